The number of allylic oxidation sites excluding steroid dienone is 1. The molecule has 0 aromatic heterocycles. The summed E-state index contributed by atoms with van der Waals surface area (Å²) < 4.78 is 0. The third kappa shape index (κ3) is 5.51. The number of carboxylic acid groups (broad SMARTS) is 2. The van der Waals surface area contributed by atoms with Crippen molar-refractivity contribution in [1.82, 2.24) is 0 Å². The number of aliphatic carboxylic acids is 2. The lowest BCUT2D eigenvalue weighted by Crippen LogP contribution is -2.03. The molecule has 2 N–H and O–H groups in total. The summed E-state index contributed by atoms with van der Waals surface area (Å²) in [7, 11) is 0. The van der Waals surface area contributed by atoms with E-state index >= 15 is 0 Å². The first-order valence-electron chi connectivity index (χ1n) is 5.23. The Morgan fingerprint density at radius 2 is 1.53 bits per heavy atom. The first kappa shape index (κ1) is 13.0. The number of benzene rings is 1. The Hall–Kier alpha value is -2.10. The van der Waals surface area contributed by atoms with Crippen LogP contribution in [0.2, 0.25) is 0 Å². The van der Waals surface area contributed by atoms with Gasteiger partial charge in [0.25, 0.3) is 0 Å². The van der Waals surface area contributed by atoms with Crippen LogP contribution in [-0.2, 0) is 16.0 Å². The maximum Gasteiger partial charge on any atom is 0.307 e. The molecule has 1 aromatic carbocycles. The number of carbonyl (C=O) groups is 2. The zero-order valence-corrected chi connectivity index (χ0v) is 9.30. The molecule has 0 aliphatic heterocycles. The molecule has 1 aromatic rings. The Morgan fingerprint density at radius 3 is 2.00 bits per heavy atom. The lowest BCUT2D eigenvalue weighted by molar-refractivity contribution is -0.136. The van der Waals surface area contributed by atoms with E-state index in [1.54, 1.807) is 6.08 Å². The Balaban J connectivity index is 2.68. The van der Waals surface area contributed by atoms with Gasteiger partial charge >= 0.3 is 11.9 Å². The van der Waals surface area contributed by atoms with E-state index < -0.39 is 11.9 Å². The molecule has 0 radical (unpaired) electrons. The number of hydrogen-bond acceptors (Lipinski definition) is 2. The molecule has 0 atom stereocenters. The van der Waals surface area contributed by atoms with Crippen LogP contribution in [0.1, 0.15) is 18.4 Å². The molecule has 4 heteroatoms. The lowest BCUT2D eigenvalue weighted by atomic mass is 10.0. The van der Waals surface area contributed by atoms with Crippen LogP contribution in [0.3, 0.4) is 0 Å². The predicted octanol–water partition coefficient (Wildman–Crippen LogP) is 2.10. The van der Waals surface area contributed by atoms with E-state index in [-0.39, 0.29) is 12.8 Å². The van der Waals surface area contributed by atoms with Crippen LogP contribution in [0.15, 0.2) is 42.0 Å². The van der Waals surface area contributed by atoms with Gasteiger partial charge in [-0.1, -0.05) is 42.0 Å². The standard InChI is InChI=1S/C13H14O4/c14-12(15)8-11(9-13(16)17)7-6-10-4-2-1-3-5-10/h1-5,7H,6,8-9H2,(H,14,15)(H,16,17). The van der Waals surface area contributed by atoms with E-state index in [0.29, 0.717) is 12.0 Å². The van der Waals surface area contributed by atoms with Crippen molar-refractivity contribution in [3.05, 3.63) is 47.5 Å². The predicted molar refractivity (Wildman–Crippen MR) is 62.7 cm³/mol. The summed E-state index contributed by atoms with van der Waals surface area (Å²) >= 11 is 0. The zero-order chi connectivity index (χ0) is 12.7. The van der Waals surface area contributed by atoms with Gasteiger partial charge in [-0.2, -0.15) is 0 Å². The van der Waals surface area contributed by atoms with Gasteiger partial charge in [0, 0.05) is 0 Å². The molecule has 0 saturated carbocycles. The molecule has 0 bridgehead atoms. The van der Waals surface area contributed by atoms with Gasteiger partial charge in [-0.15, -0.1) is 0 Å². The summed E-state index contributed by atoms with van der Waals surface area (Å²) in [6.45, 7) is 0. The number of rotatable bonds is 6. The van der Waals surface area contributed by atoms with Crippen molar-refractivity contribution in [2.75, 3.05) is 0 Å². The van der Waals surface area contributed by atoms with Gasteiger partial charge in [0.05, 0.1) is 12.8 Å². The highest BCUT2D eigenvalue weighted by atomic mass is 16.4. The lowest BCUT2D eigenvalue weighted by Gasteiger charge is -2.02. The first-order valence-corrected chi connectivity index (χ1v) is 5.23. The van der Waals surface area contributed by atoms with Gasteiger partial charge < -0.3 is 10.2 Å². The molecule has 0 heterocycles. The van der Waals surface area contributed by atoms with Crippen LogP contribution in [-0.4, -0.2) is 22.2 Å². The summed E-state index contributed by atoms with van der Waals surface area (Å²) in [6, 6.07) is 9.49. The van der Waals surface area contributed by atoms with Crippen LogP contribution in [0.4, 0.5) is 0 Å². The minimum absolute atomic E-state index is 0.223. The minimum atomic E-state index is -1.01. The fraction of sp³-hybridized carbons (Fsp3) is 0.231. The van der Waals surface area contributed by atoms with Crippen LogP contribution >= 0.6 is 0 Å². The summed E-state index contributed by atoms with van der Waals surface area (Å²) in [4.78, 5) is 21.1. The molecule has 1 rings (SSSR count). The second-order valence-electron chi connectivity index (χ2n) is 3.69. The Kier molecular flexibility index (Phi) is 4.94. The molecule has 0 aliphatic carbocycles. The highest BCUT2D eigenvalue weighted by Crippen LogP contribution is 2.10. The molecule has 17 heavy (non-hydrogen) atoms. The maximum absolute atomic E-state index is 10.6. The molecule has 0 fully saturated rings. The molecular formula is C13H14O4. The van der Waals surface area contributed by atoms with Gasteiger partial charge in [0.15, 0.2) is 0 Å². The van der Waals surface area contributed by atoms with Crippen molar-refractivity contribution in [2.24, 2.45) is 0 Å². The van der Waals surface area contributed by atoms with Crippen molar-refractivity contribution < 1.29 is 19.8 Å². The molecule has 90 valence electrons. The fourth-order valence-corrected chi connectivity index (χ4v) is 1.47. The normalized spacial score (nSPS) is 9.65. The molecule has 0 saturated heterocycles. The summed E-state index contributed by atoms with van der Waals surface area (Å²) in [5, 5.41) is 17.3. The largest absolute Gasteiger partial charge is 0.481 e. The van der Waals surface area contributed by atoms with Crippen molar-refractivity contribution in [2.45, 2.75) is 19.3 Å². The van der Waals surface area contributed by atoms with Crippen molar-refractivity contribution in [3.8, 4) is 0 Å². The average molecular weight is 234 g/mol. The number of carboxylic acids is 2. The average Bonchev–Trinajstić information content (AvgIpc) is 2.26. The smallest absolute Gasteiger partial charge is 0.307 e. The molecule has 0 aliphatic rings. The summed E-state index contributed by atoms with van der Waals surface area (Å²) in [6.07, 6.45) is 1.78. The second-order valence-corrected chi connectivity index (χ2v) is 3.69. The Bertz CT molecular complexity index is 402. The third-order valence-electron chi connectivity index (χ3n) is 2.23. The van der Waals surface area contributed by atoms with Crippen LogP contribution < -0.4 is 0 Å². The minimum Gasteiger partial charge on any atom is -0.481 e. The summed E-state index contributed by atoms with van der Waals surface area (Å²) in [5.74, 6) is -2.02. The van der Waals surface area contributed by atoms with E-state index in [2.05, 4.69) is 0 Å². The van der Waals surface area contributed by atoms with Crippen molar-refractivity contribution in [1.29, 1.82) is 0 Å². The van der Waals surface area contributed by atoms with Gasteiger partial charge in [0.2, 0.25) is 0 Å². The van der Waals surface area contributed by atoms with E-state index in [1.807, 2.05) is 30.3 Å². The van der Waals surface area contributed by atoms with Crippen LogP contribution in [0.5, 0.6) is 0 Å². The third-order valence-corrected chi connectivity index (χ3v) is 2.23. The molecule has 0 unspecified atom stereocenters. The maximum atomic E-state index is 10.6. The van der Waals surface area contributed by atoms with Gasteiger partial charge in [-0.05, 0) is 12.0 Å². The quantitative estimate of drug-likeness (QED) is 0.739. The Morgan fingerprint density at radius 1 is 1.00 bits per heavy atom. The molecule has 4 nitrogen and oxygen atoms in total. The van der Waals surface area contributed by atoms with Gasteiger partial charge in [-0.25, -0.2) is 0 Å². The highest BCUT2D eigenvalue weighted by molar-refractivity contribution is 5.75. The van der Waals surface area contributed by atoms with Crippen LogP contribution in [0, 0.1) is 0 Å². The topological polar surface area (TPSA) is 74.6 Å². The van der Waals surface area contributed by atoms with Gasteiger partial charge in [-0.3, -0.25) is 9.59 Å². The molecular weight excluding hydrogens is 220 g/mol. The van der Waals surface area contributed by atoms with Crippen molar-refractivity contribution >= 4 is 11.9 Å². The van der Waals surface area contributed by atoms with E-state index in [0.717, 1.165) is 5.56 Å². The van der Waals surface area contributed by atoms with Gasteiger partial charge in [0.1, 0.15) is 0 Å². The second kappa shape index (κ2) is 6.48. The van der Waals surface area contributed by atoms with E-state index in [9.17, 15) is 9.59 Å². The highest BCUT2D eigenvalue weighted by Gasteiger charge is 2.08. The SMILES string of the molecule is O=C(O)CC(=CCc1ccccc1)CC(=O)O. The van der Waals surface area contributed by atoms with E-state index in [4.69, 9.17) is 10.2 Å². The fourth-order valence-electron chi connectivity index (χ4n) is 1.47. The van der Waals surface area contributed by atoms with Crippen LogP contribution in [0.25, 0.3) is 0 Å². The van der Waals surface area contributed by atoms with E-state index in [1.165, 1.54) is 0 Å². The monoisotopic (exact) mass is 234 g/mol. The Labute approximate surface area is 99.2 Å². The first-order chi connectivity index (χ1) is 8.08. The van der Waals surface area contributed by atoms with Crippen molar-refractivity contribution in [3.63, 3.8) is 0 Å². The number of hydrogen-bond donors (Lipinski definition) is 2. The zero-order valence-electron chi connectivity index (χ0n) is 9.30. The summed E-state index contributed by atoms with van der Waals surface area (Å²) in [5.41, 5.74) is 1.45. The molecule has 0 amide bonds. The molecule has 0 spiro atoms.